The molecule has 168 valence electrons. The number of aromatic nitrogens is 1. The normalized spacial score (nSPS) is 10.9. The van der Waals surface area contributed by atoms with Gasteiger partial charge in [0.15, 0.2) is 0 Å². The Morgan fingerprint density at radius 2 is 1.56 bits per heavy atom. The fourth-order valence-electron chi connectivity index (χ4n) is 3.69. The molecule has 2 aromatic carbocycles. The first-order valence-corrected chi connectivity index (χ1v) is 11.1. The van der Waals surface area contributed by atoms with Crippen molar-refractivity contribution >= 4 is 11.8 Å². The number of benzene rings is 2. The van der Waals surface area contributed by atoms with E-state index in [4.69, 9.17) is 0 Å². The van der Waals surface area contributed by atoms with Crippen molar-refractivity contribution in [1.82, 2.24) is 14.4 Å². The van der Waals surface area contributed by atoms with Gasteiger partial charge in [-0.05, 0) is 42.7 Å². The lowest BCUT2D eigenvalue weighted by Gasteiger charge is -2.29. The zero-order chi connectivity index (χ0) is 23.1. The largest absolute Gasteiger partial charge is 0.353 e. The van der Waals surface area contributed by atoms with Crippen molar-refractivity contribution in [3.63, 3.8) is 0 Å². The molecule has 0 spiro atoms. The second-order valence-corrected chi connectivity index (χ2v) is 8.79. The van der Waals surface area contributed by atoms with Gasteiger partial charge < -0.3 is 14.4 Å². The Balaban J connectivity index is 1.82. The smallest absolute Gasteiger partial charge is 0.254 e. The van der Waals surface area contributed by atoms with Gasteiger partial charge in [0.05, 0.1) is 6.54 Å². The molecular formula is C27H33N3O2. The standard InChI is InChI=1S/C27H33N3O2/c1-21(2)17-30(27(32)24-14-12-22(3)13-15-24)20-26(31)29(18-23-9-6-5-7-10-23)19-25-11-8-16-28(25)4/h5-16,21H,17-20H2,1-4H3. The van der Waals surface area contributed by atoms with Gasteiger partial charge in [-0.3, -0.25) is 9.59 Å². The van der Waals surface area contributed by atoms with Crippen LogP contribution >= 0.6 is 0 Å². The van der Waals surface area contributed by atoms with Crippen molar-refractivity contribution in [2.45, 2.75) is 33.9 Å². The average molecular weight is 432 g/mol. The molecule has 3 aromatic rings. The molecule has 0 radical (unpaired) electrons. The third-order valence-corrected chi connectivity index (χ3v) is 5.47. The molecule has 0 aliphatic carbocycles. The fraction of sp³-hybridized carbons (Fsp3) is 0.333. The van der Waals surface area contributed by atoms with Crippen LogP contribution < -0.4 is 0 Å². The van der Waals surface area contributed by atoms with Crippen LogP contribution in [0.25, 0.3) is 0 Å². The monoisotopic (exact) mass is 431 g/mol. The highest BCUT2D eigenvalue weighted by molar-refractivity contribution is 5.96. The van der Waals surface area contributed by atoms with Gasteiger partial charge in [-0.15, -0.1) is 0 Å². The average Bonchev–Trinajstić information content (AvgIpc) is 3.17. The van der Waals surface area contributed by atoms with Crippen molar-refractivity contribution in [2.75, 3.05) is 13.1 Å². The molecule has 2 amide bonds. The van der Waals surface area contributed by atoms with E-state index < -0.39 is 0 Å². The maximum absolute atomic E-state index is 13.5. The number of carbonyl (C=O) groups excluding carboxylic acids is 2. The first-order valence-electron chi connectivity index (χ1n) is 11.1. The van der Waals surface area contributed by atoms with E-state index in [9.17, 15) is 9.59 Å². The summed E-state index contributed by atoms with van der Waals surface area (Å²) in [6, 6.07) is 21.5. The van der Waals surface area contributed by atoms with Gasteiger partial charge in [0.1, 0.15) is 6.54 Å². The topological polar surface area (TPSA) is 45.6 Å². The molecule has 0 atom stereocenters. The zero-order valence-electron chi connectivity index (χ0n) is 19.5. The molecule has 0 aliphatic heterocycles. The number of hydrogen-bond donors (Lipinski definition) is 0. The Morgan fingerprint density at radius 3 is 2.16 bits per heavy atom. The lowest BCUT2D eigenvalue weighted by atomic mass is 10.1. The van der Waals surface area contributed by atoms with E-state index in [2.05, 4.69) is 13.8 Å². The van der Waals surface area contributed by atoms with E-state index in [0.29, 0.717) is 25.2 Å². The second kappa shape index (κ2) is 10.8. The second-order valence-electron chi connectivity index (χ2n) is 8.79. The molecule has 32 heavy (non-hydrogen) atoms. The van der Waals surface area contributed by atoms with Crippen molar-refractivity contribution in [1.29, 1.82) is 0 Å². The molecule has 0 unspecified atom stereocenters. The summed E-state index contributed by atoms with van der Waals surface area (Å²) in [7, 11) is 1.98. The summed E-state index contributed by atoms with van der Waals surface area (Å²) in [6.45, 7) is 7.69. The lowest BCUT2D eigenvalue weighted by molar-refractivity contribution is -0.133. The molecule has 5 nitrogen and oxygen atoms in total. The van der Waals surface area contributed by atoms with E-state index in [1.807, 2.05) is 96.4 Å². The highest BCUT2D eigenvalue weighted by atomic mass is 16.2. The van der Waals surface area contributed by atoms with Crippen LogP contribution in [0.5, 0.6) is 0 Å². The number of hydrogen-bond acceptors (Lipinski definition) is 2. The van der Waals surface area contributed by atoms with Gasteiger partial charge in [0.25, 0.3) is 5.91 Å². The third kappa shape index (κ3) is 6.33. The molecule has 0 aliphatic rings. The van der Waals surface area contributed by atoms with Crippen LogP contribution in [0.4, 0.5) is 0 Å². The number of aryl methyl sites for hydroxylation is 2. The number of rotatable bonds is 9. The molecule has 5 heteroatoms. The molecule has 0 bridgehead atoms. The summed E-state index contributed by atoms with van der Waals surface area (Å²) in [4.78, 5) is 30.2. The molecule has 0 N–H and O–H groups in total. The van der Waals surface area contributed by atoms with E-state index in [1.54, 1.807) is 4.90 Å². The minimum atomic E-state index is -0.106. The highest BCUT2D eigenvalue weighted by Crippen LogP contribution is 2.14. The Labute approximate surface area is 191 Å². The van der Waals surface area contributed by atoms with E-state index in [1.165, 1.54) is 0 Å². The number of amides is 2. The molecule has 1 heterocycles. The van der Waals surface area contributed by atoms with Crippen LogP contribution in [-0.2, 0) is 24.9 Å². The Morgan fingerprint density at radius 1 is 0.875 bits per heavy atom. The van der Waals surface area contributed by atoms with E-state index >= 15 is 0 Å². The van der Waals surface area contributed by atoms with Crippen LogP contribution in [0.15, 0.2) is 72.9 Å². The van der Waals surface area contributed by atoms with Crippen molar-refractivity contribution < 1.29 is 9.59 Å². The third-order valence-electron chi connectivity index (χ3n) is 5.47. The molecule has 0 fully saturated rings. The minimum Gasteiger partial charge on any atom is -0.353 e. The fourth-order valence-corrected chi connectivity index (χ4v) is 3.69. The highest BCUT2D eigenvalue weighted by Gasteiger charge is 2.24. The van der Waals surface area contributed by atoms with Gasteiger partial charge in [-0.25, -0.2) is 0 Å². The molecule has 3 rings (SSSR count). The van der Waals surface area contributed by atoms with Crippen LogP contribution in [0.1, 0.15) is 41.0 Å². The first kappa shape index (κ1) is 23.3. The Kier molecular flexibility index (Phi) is 7.87. The van der Waals surface area contributed by atoms with Crippen LogP contribution in [0, 0.1) is 12.8 Å². The Bertz CT molecular complexity index is 1020. The maximum Gasteiger partial charge on any atom is 0.254 e. The van der Waals surface area contributed by atoms with Crippen LogP contribution in [-0.4, -0.2) is 39.3 Å². The van der Waals surface area contributed by atoms with Gasteiger partial charge in [0.2, 0.25) is 5.91 Å². The summed E-state index contributed by atoms with van der Waals surface area (Å²) >= 11 is 0. The number of carbonyl (C=O) groups is 2. The van der Waals surface area contributed by atoms with Crippen LogP contribution in [0.3, 0.4) is 0 Å². The molecular weight excluding hydrogens is 398 g/mol. The molecule has 0 saturated heterocycles. The van der Waals surface area contributed by atoms with Gasteiger partial charge in [0, 0.05) is 37.6 Å². The predicted molar refractivity (Wildman–Crippen MR) is 128 cm³/mol. The van der Waals surface area contributed by atoms with Gasteiger partial charge >= 0.3 is 0 Å². The summed E-state index contributed by atoms with van der Waals surface area (Å²) < 4.78 is 2.02. The minimum absolute atomic E-state index is 0.0577. The SMILES string of the molecule is Cc1ccc(C(=O)N(CC(=O)N(Cc2ccccc2)Cc2cccn2C)CC(C)C)cc1. The summed E-state index contributed by atoms with van der Waals surface area (Å²) in [6.07, 6.45) is 1.98. The zero-order valence-corrected chi connectivity index (χ0v) is 19.5. The quantitative estimate of drug-likeness (QED) is 0.495. The van der Waals surface area contributed by atoms with Crippen molar-refractivity contribution in [2.24, 2.45) is 13.0 Å². The first-order chi connectivity index (χ1) is 15.3. The molecule has 0 saturated carbocycles. The van der Waals surface area contributed by atoms with E-state index in [0.717, 1.165) is 16.8 Å². The predicted octanol–water partition coefficient (Wildman–Crippen LogP) is 4.66. The maximum atomic E-state index is 13.5. The van der Waals surface area contributed by atoms with Gasteiger partial charge in [-0.1, -0.05) is 61.9 Å². The van der Waals surface area contributed by atoms with Gasteiger partial charge in [-0.2, -0.15) is 0 Å². The summed E-state index contributed by atoms with van der Waals surface area (Å²) in [5, 5.41) is 0. The lowest BCUT2D eigenvalue weighted by Crippen LogP contribution is -2.44. The van der Waals surface area contributed by atoms with Crippen LogP contribution in [0.2, 0.25) is 0 Å². The molecule has 1 aromatic heterocycles. The Hall–Kier alpha value is -3.34. The summed E-state index contributed by atoms with van der Waals surface area (Å²) in [5.41, 5.74) is 3.83. The van der Waals surface area contributed by atoms with Crippen molar-refractivity contribution in [3.05, 3.63) is 95.3 Å². The number of nitrogens with zero attached hydrogens (tertiary/aromatic N) is 3. The van der Waals surface area contributed by atoms with Crippen molar-refractivity contribution in [3.8, 4) is 0 Å². The summed E-state index contributed by atoms with van der Waals surface area (Å²) in [5.74, 6) is 0.0920. The van der Waals surface area contributed by atoms with E-state index in [-0.39, 0.29) is 24.3 Å².